The molecule has 134 valence electrons. The number of benzene rings is 2. The van der Waals surface area contributed by atoms with Crippen LogP contribution in [0.4, 0.5) is 5.69 Å². The van der Waals surface area contributed by atoms with Crippen molar-refractivity contribution < 1.29 is 14.3 Å². The van der Waals surface area contributed by atoms with Gasteiger partial charge in [-0.2, -0.15) is 0 Å². The van der Waals surface area contributed by atoms with Gasteiger partial charge in [0.25, 0.3) is 11.8 Å². The Labute approximate surface area is 151 Å². The predicted molar refractivity (Wildman–Crippen MR) is 98.3 cm³/mol. The van der Waals surface area contributed by atoms with Gasteiger partial charge in [0, 0.05) is 43.2 Å². The number of nitrogens with one attached hydrogen (secondary N) is 3. The predicted octanol–water partition coefficient (Wildman–Crippen LogP) is 1.58. The van der Waals surface area contributed by atoms with Crippen LogP contribution in [0, 0.1) is 5.92 Å². The fourth-order valence-electron chi connectivity index (χ4n) is 3.12. The van der Waals surface area contributed by atoms with Crippen molar-refractivity contribution in [1.29, 1.82) is 0 Å². The zero-order valence-electron chi connectivity index (χ0n) is 14.3. The molecule has 2 heterocycles. The van der Waals surface area contributed by atoms with Gasteiger partial charge in [0.1, 0.15) is 5.75 Å². The van der Waals surface area contributed by atoms with Gasteiger partial charge in [0.05, 0.1) is 0 Å². The molecule has 0 bridgehead atoms. The number of hydrogen-bond donors (Lipinski definition) is 3. The molecule has 2 aromatic carbocycles. The molecule has 6 nitrogen and oxygen atoms in total. The van der Waals surface area contributed by atoms with Crippen molar-refractivity contribution in [2.45, 2.75) is 12.5 Å². The Morgan fingerprint density at radius 1 is 1.12 bits per heavy atom. The molecule has 0 saturated carbocycles. The fourth-order valence-corrected chi connectivity index (χ4v) is 3.12. The van der Waals surface area contributed by atoms with Crippen molar-refractivity contribution >= 4 is 17.5 Å². The highest BCUT2D eigenvalue weighted by Gasteiger charge is 2.28. The average molecular weight is 351 g/mol. The van der Waals surface area contributed by atoms with Gasteiger partial charge in [-0.25, -0.2) is 0 Å². The summed E-state index contributed by atoms with van der Waals surface area (Å²) in [5.41, 5.74) is 2.16. The van der Waals surface area contributed by atoms with Gasteiger partial charge in [0.2, 0.25) is 0 Å². The highest BCUT2D eigenvalue weighted by Crippen LogP contribution is 2.28. The molecule has 0 aliphatic carbocycles. The maximum Gasteiger partial charge on any atom is 0.265 e. The van der Waals surface area contributed by atoms with E-state index in [4.69, 9.17) is 4.74 Å². The van der Waals surface area contributed by atoms with E-state index in [1.54, 1.807) is 24.3 Å². The van der Waals surface area contributed by atoms with Gasteiger partial charge in [-0.05, 0) is 29.8 Å². The van der Waals surface area contributed by atoms with Crippen LogP contribution < -0.4 is 20.7 Å². The first-order chi connectivity index (χ1) is 12.7. The summed E-state index contributed by atoms with van der Waals surface area (Å²) in [5.74, 6) is 0.922. The Bertz CT molecular complexity index is 808. The van der Waals surface area contributed by atoms with Crippen LogP contribution in [0.1, 0.15) is 15.9 Å². The Hall–Kier alpha value is -2.86. The number of rotatable bonds is 5. The number of carbonyl (C=O) groups is 2. The molecule has 1 saturated heterocycles. The summed E-state index contributed by atoms with van der Waals surface area (Å²) in [6.07, 6.45) is 0.00781. The molecule has 0 aromatic heterocycles. The van der Waals surface area contributed by atoms with Crippen molar-refractivity contribution in [3.63, 3.8) is 0 Å². The number of ether oxygens (including phenoxy) is 1. The van der Waals surface area contributed by atoms with E-state index in [9.17, 15) is 9.59 Å². The van der Waals surface area contributed by atoms with Crippen LogP contribution in [0.3, 0.4) is 0 Å². The first kappa shape index (κ1) is 16.6. The van der Waals surface area contributed by atoms with Crippen LogP contribution in [-0.2, 0) is 11.2 Å². The van der Waals surface area contributed by atoms with E-state index in [0.717, 1.165) is 24.4 Å². The lowest BCUT2D eigenvalue weighted by Crippen LogP contribution is -2.48. The monoisotopic (exact) mass is 351 g/mol. The lowest BCUT2D eigenvalue weighted by atomic mass is 10.0. The van der Waals surface area contributed by atoms with Gasteiger partial charge >= 0.3 is 0 Å². The largest absolute Gasteiger partial charge is 0.480 e. The van der Waals surface area contributed by atoms with E-state index in [1.165, 1.54) is 0 Å². The van der Waals surface area contributed by atoms with Crippen molar-refractivity contribution in [2.75, 3.05) is 25.0 Å². The second kappa shape index (κ2) is 7.17. The lowest BCUT2D eigenvalue weighted by molar-refractivity contribution is -0.122. The standard InChI is InChI=1S/C20H21N3O3/c24-19(22-12-13-10-21-11-13)15-5-3-6-16(8-15)23-20(25)18-9-14-4-1-2-7-17(14)26-18/h1-8,13,18,21H,9-12H2,(H,22,24)(H,23,25). The van der Waals surface area contributed by atoms with Gasteiger partial charge < -0.3 is 20.7 Å². The SMILES string of the molecule is O=C(NCC1CNC1)c1cccc(NC(=O)C2Cc3ccccc3O2)c1. The third-order valence-electron chi connectivity index (χ3n) is 4.75. The third-order valence-corrected chi connectivity index (χ3v) is 4.75. The quantitative estimate of drug-likeness (QED) is 0.764. The number of carbonyl (C=O) groups excluding carboxylic acids is 2. The maximum absolute atomic E-state index is 12.5. The Balaban J connectivity index is 1.36. The zero-order chi connectivity index (χ0) is 17.9. The Morgan fingerprint density at radius 2 is 1.96 bits per heavy atom. The second-order valence-electron chi connectivity index (χ2n) is 6.72. The Morgan fingerprint density at radius 3 is 2.73 bits per heavy atom. The Kier molecular flexibility index (Phi) is 4.58. The summed E-state index contributed by atoms with van der Waals surface area (Å²) in [7, 11) is 0. The normalized spacial score (nSPS) is 18.4. The van der Waals surface area contributed by atoms with Crippen LogP contribution in [0.15, 0.2) is 48.5 Å². The van der Waals surface area contributed by atoms with Crippen LogP contribution in [0.5, 0.6) is 5.75 Å². The topological polar surface area (TPSA) is 79.5 Å². The smallest absolute Gasteiger partial charge is 0.265 e. The van der Waals surface area contributed by atoms with Crippen LogP contribution >= 0.6 is 0 Å². The number of fused-ring (bicyclic) bond motifs is 1. The lowest BCUT2D eigenvalue weighted by Gasteiger charge is -2.27. The van der Waals surface area contributed by atoms with E-state index >= 15 is 0 Å². The minimum atomic E-state index is -0.545. The van der Waals surface area contributed by atoms with E-state index in [-0.39, 0.29) is 11.8 Å². The molecular formula is C20H21N3O3. The zero-order valence-corrected chi connectivity index (χ0v) is 14.3. The minimum absolute atomic E-state index is 0.127. The molecule has 2 aliphatic heterocycles. The number of hydrogen-bond acceptors (Lipinski definition) is 4. The first-order valence-electron chi connectivity index (χ1n) is 8.83. The molecule has 2 aromatic rings. The summed E-state index contributed by atoms with van der Waals surface area (Å²) in [6, 6.07) is 14.6. The molecule has 0 spiro atoms. The summed E-state index contributed by atoms with van der Waals surface area (Å²) in [6.45, 7) is 2.55. The minimum Gasteiger partial charge on any atom is -0.480 e. The van der Waals surface area contributed by atoms with E-state index < -0.39 is 6.10 Å². The highest BCUT2D eigenvalue weighted by atomic mass is 16.5. The average Bonchev–Trinajstić information content (AvgIpc) is 3.05. The molecule has 0 radical (unpaired) electrons. The molecular weight excluding hydrogens is 330 g/mol. The van der Waals surface area contributed by atoms with E-state index in [2.05, 4.69) is 16.0 Å². The molecule has 3 N–H and O–H groups in total. The van der Waals surface area contributed by atoms with Gasteiger partial charge in [-0.1, -0.05) is 24.3 Å². The summed E-state index contributed by atoms with van der Waals surface area (Å²) >= 11 is 0. The maximum atomic E-state index is 12.5. The van der Waals surface area contributed by atoms with Gasteiger partial charge in [-0.3, -0.25) is 9.59 Å². The molecule has 1 atom stereocenters. The van der Waals surface area contributed by atoms with Crippen molar-refractivity contribution in [2.24, 2.45) is 5.92 Å². The van der Waals surface area contributed by atoms with Crippen molar-refractivity contribution in [3.05, 3.63) is 59.7 Å². The van der Waals surface area contributed by atoms with Gasteiger partial charge in [0.15, 0.2) is 6.10 Å². The molecule has 6 heteroatoms. The number of anilines is 1. The van der Waals surface area contributed by atoms with Gasteiger partial charge in [-0.15, -0.1) is 0 Å². The van der Waals surface area contributed by atoms with E-state index in [0.29, 0.717) is 30.1 Å². The van der Waals surface area contributed by atoms with Crippen LogP contribution in [0.25, 0.3) is 0 Å². The summed E-state index contributed by atoms with van der Waals surface area (Å²) < 4.78 is 5.71. The number of amides is 2. The van der Waals surface area contributed by atoms with Crippen molar-refractivity contribution in [1.82, 2.24) is 10.6 Å². The van der Waals surface area contributed by atoms with Crippen LogP contribution in [-0.4, -0.2) is 37.6 Å². The molecule has 1 fully saturated rings. The molecule has 2 aliphatic rings. The van der Waals surface area contributed by atoms with Crippen LogP contribution in [0.2, 0.25) is 0 Å². The number of para-hydroxylation sites is 1. The fraction of sp³-hybridized carbons (Fsp3) is 0.300. The first-order valence-corrected chi connectivity index (χ1v) is 8.83. The third kappa shape index (κ3) is 3.55. The van der Waals surface area contributed by atoms with E-state index in [1.807, 2.05) is 24.3 Å². The van der Waals surface area contributed by atoms with Crippen molar-refractivity contribution in [3.8, 4) is 5.75 Å². The molecule has 1 unspecified atom stereocenters. The molecule has 26 heavy (non-hydrogen) atoms. The summed E-state index contributed by atoms with van der Waals surface area (Å²) in [5, 5.41) is 8.96. The molecule has 2 amide bonds. The summed E-state index contributed by atoms with van der Waals surface area (Å²) in [4.78, 5) is 24.7. The molecule has 4 rings (SSSR count). The second-order valence-corrected chi connectivity index (χ2v) is 6.72. The highest BCUT2D eigenvalue weighted by molar-refractivity contribution is 5.98.